The second-order valence-corrected chi connectivity index (χ2v) is 5.30. The number of fused-ring (bicyclic) bond motifs is 2. The first-order valence-corrected chi connectivity index (χ1v) is 6.37. The molecule has 0 saturated carbocycles. The Kier molecular flexibility index (Phi) is 2.77. The fourth-order valence-corrected chi connectivity index (χ4v) is 2.71. The summed E-state index contributed by atoms with van der Waals surface area (Å²) in [6.45, 7) is 3.75. The van der Waals surface area contributed by atoms with E-state index in [9.17, 15) is 5.26 Å². The van der Waals surface area contributed by atoms with Crippen molar-refractivity contribution in [3.63, 3.8) is 0 Å². The number of benzene rings is 3. The zero-order valence-corrected chi connectivity index (χ0v) is 11.1. The van der Waals surface area contributed by atoms with Crippen LogP contribution in [0.2, 0.25) is 0 Å². The van der Waals surface area contributed by atoms with Gasteiger partial charge in [-0.05, 0) is 41.5 Å². The van der Waals surface area contributed by atoms with Gasteiger partial charge in [-0.25, -0.2) is 4.89 Å². The Balaban J connectivity index is 2.54. The molecule has 3 aromatic rings. The topological polar surface area (TPSA) is 29.5 Å². The van der Waals surface area contributed by atoms with E-state index in [2.05, 4.69) is 30.3 Å². The van der Waals surface area contributed by atoms with E-state index in [4.69, 9.17) is 4.89 Å². The van der Waals surface area contributed by atoms with Crippen molar-refractivity contribution in [2.24, 2.45) is 0 Å². The number of hydrogen-bond acceptors (Lipinski definition) is 2. The Hall–Kier alpha value is -1.90. The quantitative estimate of drug-likeness (QED) is 0.406. The summed E-state index contributed by atoms with van der Waals surface area (Å²) >= 11 is 0. The lowest BCUT2D eigenvalue weighted by molar-refractivity contribution is -0.317. The summed E-state index contributed by atoms with van der Waals surface area (Å²) in [6.07, 6.45) is 0. The van der Waals surface area contributed by atoms with Crippen LogP contribution in [-0.4, -0.2) is 5.26 Å². The van der Waals surface area contributed by atoms with Crippen LogP contribution in [0.25, 0.3) is 21.5 Å². The fourth-order valence-electron chi connectivity index (χ4n) is 2.71. The Morgan fingerprint density at radius 2 is 1.32 bits per heavy atom. The van der Waals surface area contributed by atoms with Crippen LogP contribution in [0.15, 0.2) is 54.6 Å². The highest BCUT2D eigenvalue weighted by Gasteiger charge is 2.26. The van der Waals surface area contributed by atoms with Crippen LogP contribution in [0.1, 0.15) is 19.4 Å². The van der Waals surface area contributed by atoms with Gasteiger partial charge in [-0.1, -0.05) is 48.5 Å². The summed E-state index contributed by atoms with van der Waals surface area (Å²) in [7, 11) is 0. The second kappa shape index (κ2) is 4.34. The van der Waals surface area contributed by atoms with Crippen molar-refractivity contribution in [2.45, 2.75) is 19.4 Å². The van der Waals surface area contributed by atoms with E-state index >= 15 is 0 Å². The Morgan fingerprint density at radius 3 is 1.79 bits per heavy atom. The highest BCUT2D eigenvalue weighted by atomic mass is 17.1. The van der Waals surface area contributed by atoms with Gasteiger partial charge in [-0.2, -0.15) is 0 Å². The normalized spacial score (nSPS) is 12.2. The van der Waals surface area contributed by atoms with Crippen LogP contribution in [0.4, 0.5) is 0 Å². The van der Waals surface area contributed by atoms with E-state index in [1.807, 2.05) is 38.1 Å². The molecule has 0 heterocycles. The Bertz CT molecular complexity index is 690. The molecule has 0 radical (unpaired) electrons. The molecule has 0 fully saturated rings. The van der Waals surface area contributed by atoms with Crippen LogP contribution < -0.4 is 0 Å². The van der Waals surface area contributed by atoms with Crippen LogP contribution in [0.5, 0.6) is 0 Å². The number of hydrogen-bond donors (Lipinski definition) is 1. The zero-order valence-electron chi connectivity index (χ0n) is 11.1. The molecule has 0 aliphatic carbocycles. The van der Waals surface area contributed by atoms with Crippen LogP contribution in [0, 0.1) is 0 Å². The summed E-state index contributed by atoms with van der Waals surface area (Å²) < 4.78 is 0. The van der Waals surface area contributed by atoms with Crippen LogP contribution in [0.3, 0.4) is 0 Å². The summed E-state index contributed by atoms with van der Waals surface area (Å²) in [4.78, 5) is 4.74. The lowest BCUT2D eigenvalue weighted by atomic mass is 9.87. The molecule has 3 aromatic carbocycles. The van der Waals surface area contributed by atoms with Gasteiger partial charge in [0, 0.05) is 5.56 Å². The molecule has 0 aliphatic rings. The molecule has 0 aliphatic heterocycles. The molecular formula is C17H16O2. The first-order valence-electron chi connectivity index (χ1n) is 6.37. The largest absolute Gasteiger partial charge is 0.251 e. The number of rotatable bonds is 2. The average molecular weight is 252 g/mol. The van der Waals surface area contributed by atoms with E-state index < -0.39 is 5.60 Å². The summed E-state index contributed by atoms with van der Waals surface area (Å²) in [5.74, 6) is 0. The fraction of sp³-hybridized carbons (Fsp3) is 0.176. The molecule has 0 aromatic heterocycles. The first kappa shape index (κ1) is 12.2. The maximum atomic E-state index is 9.27. The van der Waals surface area contributed by atoms with Crippen molar-refractivity contribution in [2.75, 3.05) is 0 Å². The molecular weight excluding hydrogens is 236 g/mol. The maximum absolute atomic E-state index is 9.27. The van der Waals surface area contributed by atoms with Crippen molar-refractivity contribution in [3.05, 3.63) is 60.2 Å². The lowest BCUT2D eigenvalue weighted by Gasteiger charge is -2.25. The van der Waals surface area contributed by atoms with Gasteiger partial charge in [-0.15, -0.1) is 0 Å². The summed E-state index contributed by atoms with van der Waals surface area (Å²) in [5, 5.41) is 13.8. The van der Waals surface area contributed by atoms with Crippen LogP contribution >= 0.6 is 0 Å². The van der Waals surface area contributed by atoms with Gasteiger partial charge >= 0.3 is 0 Å². The minimum atomic E-state index is -0.750. The molecule has 96 valence electrons. The third kappa shape index (κ3) is 1.89. The first-order chi connectivity index (χ1) is 9.13. The maximum Gasteiger partial charge on any atom is 0.124 e. The van der Waals surface area contributed by atoms with Gasteiger partial charge < -0.3 is 0 Å². The van der Waals surface area contributed by atoms with Crippen molar-refractivity contribution in [1.82, 2.24) is 0 Å². The van der Waals surface area contributed by atoms with Crippen molar-refractivity contribution < 1.29 is 10.1 Å². The van der Waals surface area contributed by atoms with Crippen molar-refractivity contribution in [1.29, 1.82) is 0 Å². The summed E-state index contributed by atoms with van der Waals surface area (Å²) in [6, 6.07) is 18.5. The van der Waals surface area contributed by atoms with Crippen molar-refractivity contribution in [3.8, 4) is 0 Å². The van der Waals surface area contributed by atoms with Gasteiger partial charge in [0.2, 0.25) is 0 Å². The third-order valence-electron chi connectivity index (χ3n) is 3.60. The molecule has 1 N–H and O–H groups in total. The van der Waals surface area contributed by atoms with Gasteiger partial charge in [0.1, 0.15) is 5.60 Å². The molecule has 19 heavy (non-hydrogen) atoms. The molecule has 2 nitrogen and oxygen atoms in total. The average Bonchev–Trinajstić information content (AvgIpc) is 2.44. The molecule has 0 amide bonds. The molecule has 2 heteroatoms. The SMILES string of the molecule is CC(C)(OO)c1c2ccccc2cc2ccccc12. The van der Waals surface area contributed by atoms with Crippen LogP contribution in [-0.2, 0) is 10.5 Å². The highest BCUT2D eigenvalue weighted by molar-refractivity contribution is 6.02. The minimum Gasteiger partial charge on any atom is -0.251 e. The van der Waals surface area contributed by atoms with Gasteiger partial charge in [-0.3, -0.25) is 5.26 Å². The monoisotopic (exact) mass is 252 g/mol. The van der Waals surface area contributed by atoms with E-state index in [1.165, 1.54) is 0 Å². The minimum absolute atomic E-state index is 0.750. The smallest absolute Gasteiger partial charge is 0.124 e. The molecule has 0 atom stereocenters. The predicted molar refractivity (Wildman–Crippen MR) is 78.2 cm³/mol. The van der Waals surface area contributed by atoms with E-state index in [1.54, 1.807) is 0 Å². The zero-order chi connectivity index (χ0) is 13.5. The molecule has 0 saturated heterocycles. The molecule has 0 bridgehead atoms. The third-order valence-corrected chi connectivity index (χ3v) is 3.60. The molecule has 3 rings (SSSR count). The lowest BCUT2D eigenvalue weighted by Crippen LogP contribution is -2.20. The highest BCUT2D eigenvalue weighted by Crippen LogP contribution is 2.37. The Morgan fingerprint density at radius 1 is 0.842 bits per heavy atom. The second-order valence-electron chi connectivity index (χ2n) is 5.30. The van der Waals surface area contributed by atoms with E-state index in [0.29, 0.717) is 0 Å². The standard InChI is InChI=1S/C17H16O2/c1-17(2,19-18)16-14-9-5-3-7-12(14)11-13-8-4-6-10-15(13)16/h3-11,18H,1-2H3. The van der Waals surface area contributed by atoms with Gasteiger partial charge in [0.05, 0.1) is 0 Å². The van der Waals surface area contributed by atoms with E-state index in [-0.39, 0.29) is 0 Å². The predicted octanol–water partition coefficient (Wildman–Crippen LogP) is 4.72. The Labute approximate surface area is 112 Å². The van der Waals surface area contributed by atoms with Gasteiger partial charge in [0.15, 0.2) is 0 Å². The molecule has 0 spiro atoms. The van der Waals surface area contributed by atoms with Gasteiger partial charge in [0.25, 0.3) is 0 Å². The van der Waals surface area contributed by atoms with Crippen molar-refractivity contribution >= 4 is 21.5 Å². The molecule has 0 unspecified atom stereocenters. The van der Waals surface area contributed by atoms with E-state index in [0.717, 1.165) is 27.1 Å². The summed E-state index contributed by atoms with van der Waals surface area (Å²) in [5.41, 5.74) is 0.268.